The predicted molar refractivity (Wildman–Crippen MR) is 139 cm³/mol. The van der Waals surface area contributed by atoms with Crippen LogP contribution in [0.5, 0.6) is 0 Å². The van der Waals surface area contributed by atoms with Gasteiger partial charge in [0.1, 0.15) is 0 Å². The van der Waals surface area contributed by atoms with Crippen molar-refractivity contribution in [2.75, 3.05) is 49.6 Å². The zero-order valence-electron chi connectivity index (χ0n) is 20.9. The lowest BCUT2D eigenvalue weighted by Crippen LogP contribution is -2.58. The molecule has 2 N–H and O–H groups in total. The van der Waals surface area contributed by atoms with Crippen LogP contribution in [0.25, 0.3) is 10.8 Å². The number of carboxylic acid groups (broad SMARTS) is 1. The Morgan fingerprint density at radius 2 is 2.00 bits per heavy atom. The Bertz CT molecular complexity index is 1270. The number of aromatic nitrogens is 2. The van der Waals surface area contributed by atoms with Crippen LogP contribution in [0.1, 0.15) is 35.3 Å². The molecule has 9 nitrogen and oxygen atoms in total. The number of nitriles is 1. The van der Waals surface area contributed by atoms with Crippen molar-refractivity contribution in [3.8, 4) is 6.07 Å². The van der Waals surface area contributed by atoms with Gasteiger partial charge in [-0.05, 0) is 50.1 Å². The third kappa shape index (κ3) is 5.25. The van der Waals surface area contributed by atoms with E-state index in [-0.39, 0.29) is 12.5 Å². The Balaban J connectivity index is 0.000000967. The molecule has 0 bridgehead atoms. The van der Waals surface area contributed by atoms with Crippen LogP contribution in [-0.2, 0) is 9.53 Å². The average molecular weight is 489 g/mol. The van der Waals surface area contributed by atoms with E-state index in [1.54, 1.807) is 0 Å². The van der Waals surface area contributed by atoms with Crippen molar-refractivity contribution in [3.05, 3.63) is 58.8 Å². The first-order chi connectivity index (χ1) is 17.5. The molecule has 0 saturated carbocycles. The molecule has 2 fully saturated rings. The lowest BCUT2D eigenvalue weighted by Gasteiger charge is -2.44. The smallest absolute Gasteiger partial charge is 0.290 e. The van der Waals surface area contributed by atoms with E-state index in [0.717, 1.165) is 72.8 Å². The molecule has 2 atom stereocenters. The van der Waals surface area contributed by atoms with E-state index in [1.807, 2.05) is 26.0 Å². The summed E-state index contributed by atoms with van der Waals surface area (Å²) >= 11 is 0. The second kappa shape index (κ2) is 11.3. The van der Waals surface area contributed by atoms with E-state index in [4.69, 9.17) is 14.6 Å². The van der Waals surface area contributed by atoms with Crippen molar-refractivity contribution in [2.45, 2.75) is 32.9 Å². The molecule has 0 spiro atoms. The minimum atomic E-state index is -0.250. The molecule has 1 aromatic heterocycles. The quantitative estimate of drug-likeness (QED) is 0.532. The predicted octanol–water partition coefficient (Wildman–Crippen LogP) is 3.51. The van der Waals surface area contributed by atoms with Crippen molar-refractivity contribution >= 4 is 28.7 Å². The summed E-state index contributed by atoms with van der Waals surface area (Å²) in [6, 6.07) is 15.2. The van der Waals surface area contributed by atoms with E-state index >= 15 is 0 Å². The third-order valence-electron chi connectivity index (χ3n) is 7.07. The maximum atomic E-state index is 9.40. The van der Waals surface area contributed by atoms with E-state index < -0.39 is 0 Å². The number of anilines is 2. The lowest BCUT2D eigenvalue weighted by molar-refractivity contribution is -0.122. The van der Waals surface area contributed by atoms with Crippen LogP contribution in [0.2, 0.25) is 0 Å². The van der Waals surface area contributed by atoms with Crippen LogP contribution in [0.4, 0.5) is 11.5 Å². The van der Waals surface area contributed by atoms with Crippen LogP contribution in [0, 0.1) is 25.2 Å². The van der Waals surface area contributed by atoms with Crippen LogP contribution < -0.4 is 10.2 Å². The molecule has 2 aromatic carbocycles. The SMILES string of the molecule is Cc1c(C#N)cccc1C(C)Nc1nnc(C)c2ccc(N3CCN4CCOC[C@@H]4C3)cc12.O=CO. The number of carbonyl (C=O) groups is 1. The highest BCUT2D eigenvalue weighted by Gasteiger charge is 2.29. The van der Waals surface area contributed by atoms with Gasteiger partial charge in [0.15, 0.2) is 5.82 Å². The van der Waals surface area contributed by atoms with Gasteiger partial charge in [0.05, 0.1) is 42.6 Å². The molecule has 2 aliphatic rings. The normalized spacial score (nSPS) is 18.4. The number of aryl methyl sites for hydroxylation is 1. The van der Waals surface area contributed by atoms with Crippen LogP contribution >= 0.6 is 0 Å². The first kappa shape index (κ1) is 25.4. The molecule has 1 unspecified atom stereocenters. The van der Waals surface area contributed by atoms with Gasteiger partial charge in [-0.2, -0.15) is 10.4 Å². The molecule has 188 valence electrons. The van der Waals surface area contributed by atoms with Gasteiger partial charge in [0.2, 0.25) is 0 Å². The fraction of sp³-hybridized carbons (Fsp3) is 0.407. The summed E-state index contributed by atoms with van der Waals surface area (Å²) in [5.74, 6) is 0.770. The highest BCUT2D eigenvalue weighted by molar-refractivity contribution is 5.95. The van der Waals surface area contributed by atoms with E-state index in [1.165, 1.54) is 5.69 Å². The maximum Gasteiger partial charge on any atom is 0.290 e. The molecule has 9 heteroatoms. The Hall–Kier alpha value is -3.74. The summed E-state index contributed by atoms with van der Waals surface area (Å²) < 4.78 is 5.72. The summed E-state index contributed by atoms with van der Waals surface area (Å²) in [4.78, 5) is 13.4. The van der Waals surface area contributed by atoms with Gasteiger partial charge in [-0.15, -0.1) is 5.10 Å². The largest absolute Gasteiger partial charge is 0.483 e. The third-order valence-corrected chi connectivity index (χ3v) is 7.07. The first-order valence-corrected chi connectivity index (χ1v) is 12.1. The Morgan fingerprint density at radius 1 is 1.19 bits per heavy atom. The Kier molecular flexibility index (Phi) is 7.98. The molecular weight excluding hydrogens is 456 g/mol. The number of hydrogen-bond acceptors (Lipinski definition) is 8. The average Bonchev–Trinajstić information content (AvgIpc) is 2.90. The van der Waals surface area contributed by atoms with Crippen LogP contribution in [0.3, 0.4) is 0 Å². The van der Waals surface area contributed by atoms with E-state index in [9.17, 15) is 5.26 Å². The number of rotatable bonds is 4. The highest BCUT2D eigenvalue weighted by atomic mass is 16.5. The van der Waals surface area contributed by atoms with Crippen molar-refractivity contribution in [2.24, 2.45) is 0 Å². The second-order valence-corrected chi connectivity index (χ2v) is 9.18. The molecule has 0 amide bonds. The Morgan fingerprint density at radius 3 is 2.78 bits per heavy atom. The molecule has 3 heterocycles. The minimum Gasteiger partial charge on any atom is -0.483 e. The summed E-state index contributed by atoms with van der Waals surface area (Å²) in [6.07, 6.45) is 0. The summed E-state index contributed by atoms with van der Waals surface area (Å²) in [6.45, 7) is 11.6. The van der Waals surface area contributed by atoms with Crippen molar-refractivity contribution in [3.63, 3.8) is 0 Å². The van der Waals surface area contributed by atoms with Crippen LogP contribution in [-0.4, -0.2) is 72.1 Å². The summed E-state index contributed by atoms with van der Waals surface area (Å²) in [5, 5.41) is 31.0. The number of benzene rings is 2. The highest BCUT2D eigenvalue weighted by Crippen LogP contribution is 2.32. The van der Waals surface area contributed by atoms with Gasteiger partial charge in [-0.25, -0.2) is 0 Å². The number of morpholine rings is 1. The maximum absolute atomic E-state index is 9.40. The molecule has 0 aliphatic carbocycles. The molecule has 2 aliphatic heterocycles. The number of nitrogens with one attached hydrogen (secondary N) is 1. The molecular formula is C27H32N6O3. The van der Waals surface area contributed by atoms with Crippen molar-refractivity contribution in [1.82, 2.24) is 15.1 Å². The van der Waals surface area contributed by atoms with Gasteiger partial charge in [-0.1, -0.05) is 18.2 Å². The van der Waals surface area contributed by atoms with E-state index in [0.29, 0.717) is 11.6 Å². The van der Waals surface area contributed by atoms with Gasteiger partial charge < -0.3 is 20.1 Å². The molecule has 36 heavy (non-hydrogen) atoms. The summed E-state index contributed by atoms with van der Waals surface area (Å²) in [5.41, 5.74) is 4.92. The monoisotopic (exact) mass is 488 g/mol. The molecule has 3 aromatic rings. The van der Waals surface area contributed by atoms with Gasteiger partial charge in [0.25, 0.3) is 6.47 Å². The van der Waals surface area contributed by atoms with E-state index in [2.05, 4.69) is 62.6 Å². The standard InChI is InChI=1S/C26H30N6O.CH2O2/c1-17-20(14-27)5-4-6-23(17)18(2)28-26-25-13-21(7-8-24(25)19(3)29-30-26)32-10-9-31-11-12-33-16-22(31)15-32;2-1-3/h4-8,13,18,22H,9-12,15-16H2,1-3H3,(H,28,30);1H,(H,2,3)/t18?,22-;/m0./s1. The number of piperazine rings is 1. The number of nitrogens with zero attached hydrogens (tertiary/aromatic N) is 5. The van der Waals surface area contributed by atoms with Crippen molar-refractivity contribution in [1.29, 1.82) is 5.26 Å². The van der Waals surface area contributed by atoms with Crippen molar-refractivity contribution < 1.29 is 14.6 Å². The molecule has 0 radical (unpaired) electrons. The lowest BCUT2D eigenvalue weighted by atomic mass is 9.98. The molecule has 2 saturated heterocycles. The second-order valence-electron chi connectivity index (χ2n) is 9.18. The number of fused-ring (bicyclic) bond motifs is 2. The Labute approximate surface area is 211 Å². The van der Waals surface area contributed by atoms with Gasteiger partial charge >= 0.3 is 0 Å². The van der Waals surface area contributed by atoms with Gasteiger partial charge in [-0.3, -0.25) is 9.69 Å². The minimum absolute atomic E-state index is 0.00917. The zero-order chi connectivity index (χ0) is 25.7. The number of hydrogen-bond donors (Lipinski definition) is 2. The fourth-order valence-electron chi connectivity index (χ4n) is 5.09. The first-order valence-electron chi connectivity index (χ1n) is 12.1. The van der Waals surface area contributed by atoms with Gasteiger partial charge in [0, 0.05) is 42.6 Å². The fourth-order valence-corrected chi connectivity index (χ4v) is 5.09. The molecule has 5 rings (SSSR count). The number of ether oxygens (including phenoxy) is 1. The van der Waals surface area contributed by atoms with Crippen LogP contribution in [0.15, 0.2) is 36.4 Å². The topological polar surface area (TPSA) is 115 Å². The summed E-state index contributed by atoms with van der Waals surface area (Å²) in [7, 11) is 0. The zero-order valence-corrected chi connectivity index (χ0v) is 20.9.